The average Bonchev–Trinajstić information content (AvgIpc) is 3.21. The minimum Gasteiger partial charge on any atom is -0.387 e. The molecule has 4 N–H and O–H groups in total. The van der Waals surface area contributed by atoms with E-state index in [0.29, 0.717) is 38.2 Å². The summed E-state index contributed by atoms with van der Waals surface area (Å²) in [6, 6.07) is 7.42. The van der Waals surface area contributed by atoms with Crippen LogP contribution in [0.3, 0.4) is 0 Å². The molecule has 0 atom stereocenters. The van der Waals surface area contributed by atoms with E-state index in [-0.39, 0.29) is 25.1 Å². The van der Waals surface area contributed by atoms with Gasteiger partial charge in [-0.05, 0) is 54.6 Å². The highest BCUT2D eigenvalue weighted by Gasteiger charge is 2.12. The van der Waals surface area contributed by atoms with Gasteiger partial charge >= 0.3 is 0 Å². The highest BCUT2D eigenvalue weighted by molar-refractivity contribution is 6.35. The van der Waals surface area contributed by atoms with E-state index in [1.165, 1.54) is 18.3 Å². The minimum atomic E-state index is -0.645. The van der Waals surface area contributed by atoms with Gasteiger partial charge in [-0.3, -0.25) is 14.6 Å². The van der Waals surface area contributed by atoms with Gasteiger partial charge < -0.3 is 20.7 Å². The van der Waals surface area contributed by atoms with Crippen LogP contribution in [0.1, 0.15) is 23.6 Å². The maximum absolute atomic E-state index is 14.6. The highest BCUT2D eigenvalue weighted by atomic mass is 35.5. The number of halogens is 3. The number of rotatable bonds is 10. The summed E-state index contributed by atoms with van der Waals surface area (Å²) < 4.78 is 29.0. The zero-order chi connectivity index (χ0) is 26.2. The van der Waals surface area contributed by atoms with Crippen molar-refractivity contribution in [3.63, 3.8) is 0 Å². The molecule has 0 unspecified atom stereocenters. The summed E-state index contributed by atoms with van der Waals surface area (Å²) in [7, 11) is 0. The van der Waals surface area contributed by atoms with E-state index in [4.69, 9.17) is 16.7 Å². The Kier molecular flexibility index (Phi) is 9.10. The van der Waals surface area contributed by atoms with Gasteiger partial charge in [-0.25, -0.2) is 8.78 Å². The van der Waals surface area contributed by atoms with Crippen molar-refractivity contribution in [3.8, 4) is 0 Å². The lowest BCUT2D eigenvalue weighted by Crippen LogP contribution is -2.25. The van der Waals surface area contributed by atoms with Crippen LogP contribution in [0, 0.1) is 11.6 Å². The summed E-state index contributed by atoms with van der Waals surface area (Å²) in [4.78, 5) is 30.4. The van der Waals surface area contributed by atoms with Gasteiger partial charge in [0.25, 0.3) is 0 Å². The Hall–Kier alpha value is -3.82. The number of benzene rings is 2. The Morgan fingerprint density at radius 2 is 1.89 bits per heavy atom. The summed E-state index contributed by atoms with van der Waals surface area (Å²) in [6.45, 7) is 4.40. The monoisotopic (exact) mass is 514 g/mol. The second kappa shape index (κ2) is 12.2. The number of aromatic amines is 1. The zero-order valence-electron chi connectivity index (χ0n) is 19.5. The van der Waals surface area contributed by atoms with E-state index in [1.54, 1.807) is 37.4 Å². The van der Waals surface area contributed by atoms with Crippen LogP contribution in [-0.2, 0) is 29.1 Å². The fraction of sp³-hybridized carbons (Fsp3) is 0.192. The molecule has 7 nitrogen and oxygen atoms in total. The smallest absolute Gasteiger partial charge is 0.247 e. The third-order valence-electron chi connectivity index (χ3n) is 5.40. The number of carbonyl (C=O) groups is 2. The number of carbonyl (C=O) groups excluding carboxylic acids is 2. The quantitative estimate of drug-likeness (QED) is 0.186. The molecule has 2 aromatic carbocycles. The number of H-pyrrole nitrogens is 1. The molecule has 1 heterocycles. The first-order valence-electron chi connectivity index (χ1n) is 10.9. The van der Waals surface area contributed by atoms with Crippen LogP contribution in [0.15, 0.2) is 64.9 Å². The Morgan fingerprint density at radius 3 is 2.58 bits per heavy atom. The first kappa shape index (κ1) is 26.8. The van der Waals surface area contributed by atoms with E-state index < -0.39 is 30.1 Å². The van der Waals surface area contributed by atoms with E-state index in [0.717, 1.165) is 0 Å². The number of hydrogen-bond donors (Lipinski definition) is 4. The highest BCUT2D eigenvalue weighted by Crippen LogP contribution is 2.26. The van der Waals surface area contributed by atoms with E-state index in [2.05, 4.69) is 27.3 Å². The summed E-state index contributed by atoms with van der Waals surface area (Å²) >= 11 is 6.09. The zero-order valence-corrected chi connectivity index (χ0v) is 20.3. The second-order valence-electron chi connectivity index (χ2n) is 8.06. The molecule has 0 saturated carbocycles. The van der Waals surface area contributed by atoms with Crippen molar-refractivity contribution in [2.45, 2.75) is 26.4 Å². The van der Waals surface area contributed by atoms with Crippen molar-refractivity contribution in [2.24, 2.45) is 4.99 Å². The van der Waals surface area contributed by atoms with Gasteiger partial charge in [0.15, 0.2) is 0 Å². The lowest BCUT2D eigenvalue weighted by atomic mass is 10.0. The summed E-state index contributed by atoms with van der Waals surface area (Å²) in [6.07, 6.45) is 4.68. The SMILES string of the molecule is C=N/C=C(\C=C(/C)C(=O)NCc1cc2c(Cl)c[nH]c2cc1F)Cc1ccc(CNC(=O)CO)cc1F. The number of aliphatic imine (C=N–C) groups is 1. The topological polar surface area (TPSA) is 107 Å². The number of hydrogen-bond acceptors (Lipinski definition) is 4. The largest absolute Gasteiger partial charge is 0.387 e. The van der Waals surface area contributed by atoms with Crippen LogP contribution in [0.5, 0.6) is 0 Å². The third-order valence-corrected chi connectivity index (χ3v) is 5.71. The molecule has 3 rings (SSSR count). The molecule has 0 bridgehead atoms. The first-order valence-corrected chi connectivity index (χ1v) is 11.3. The molecular weight excluding hydrogens is 490 g/mol. The molecule has 10 heteroatoms. The van der Waals surface area contributed by atoms with Crippen molar-refractivity contribution in [1.82, 2.24) is 15.6 Å². The summed E-state index contributed by atoms with van der Waals surface area (Å²) in [5.74, 6) is -1.96. The first-order chi connectivity index (χ1) is 17.2. The number of nitrogens with one attached hydrogen (secondary N) is 3. The van der Waals surface area contributed by atoms with Gasteiger partial charge in [0.05, 0.1) is 5.02 Å². The Morgan fingerprint density at radius 1 is 1.14 bits per heavy atom. The molecule has 36 heavy (non-hydrogen) atoms. The second-order valence-corrected chi connectivity index (χ2v) is 8.47. The molecule has 3 aromatic rings. The fourth-order valence-corrected chi connectivity index (χ4v) is 3.73. The lowest BCUT2D eigenvalue weighted by Gasteiger charge is -2.10. The number of amides is 2. The number of aliphatic hydroxyl groups excluding tert-OH is 1. The van der Waals surface area contributed by atoms with E-state index in [1.807, 2.05) is 0 Å². The van der Waals surface area contributed by atoms with Crippen molar-refractivity contribution in [1.29, 1.82) is 0 Å². The van der Waals surface area contributed by atoms with E-state index >= 15 is 0 Å². The molecule has 0 radical (unpaired) electrons. The lowest BCUT2D eigenvalue weighted by molar-refractivity contribution is -0.124. The standard InChI is InChI=1S/C26H25ClF2N4O3/c1-15(26(36)33-12-19-8-20-21(27)13-31-24(20)9-23(19)29)5-17(10-30-2)6-18-4-3-16(7-22(18)28)11-32-25(35)14-34/h3-5,7-10,13,31,34H,2,6,11-12,14H2,1H3,(H,32,35)(H,33,36)/b15-5+,17-10+. The number of aliphatic hydroxyl groups is 1. The van der Waals surface area contributed by atoms with E-state index in [9.17, 15) is 18.4 Å². The maximum Gasteiger partial charge on any atom is 0.247 e. The predicted octanol–water partition coefficient (Wildman–Crippen LogP) is 4.10. The van der Waals surface area contributed by atoms with Gasteiger partial charge in [-0.1, -0.05) is 23.7 Å². The van der Waals surface area contributed by atoms with Crippen LogP contribution >= 0.6 is 11.6 Å². The molecule has 0 aliphatic heterocycles. The third kappa shape index (κ3) is 6.87. The maximum atomic E-state index is 14.6. The van der Waals surface area contributed by atoms with Crippen LogP contribution < -0.4 is 10.6 Å². The van der Waals surface area contributed by atoms with Gasteiger partial charge in [-0.15, -0.1) is 0 Å². The minimum absolute atomic E-state index is 0.0467. The average molecular weight is 515 g/mol. The molecule has 0 fully saturated rings. The summed E-state index contributed by atoms with van der Waals surface area (Å²) in [5.41, 5.74) is 2.57. The van der Waals surface area contributed by atoms with Crippen LogP contribution in [-0.4, -0.2) is 35.2 Å². The number of allylic oxidation sites excluding steroid dienone is 2. The van der Waals surface area contributed by atoms with Crippen LogP contribution in [0.25, 0.3) is 10.9 Å². The Bertz CT molecular complexity index is 1360. The molecule has 188 valence electrons. The Labute approximate surface area is 211 Å². The normalized spacial score (nSPS) is 12.0. The number of nitrogens with zero attached hydrogens (tertiary/aromatic N) is 1. The fourth-order valence-electron chi connectivity index (χ4n) is 3.52. The van der Waals surface area contributed by atoms with Crippen molar-refractivity contribution < 1.29 is 23.5 Å². The number of aromatic nitrogens is 1. The van der Waals surface area contributed by atoms with Crippen LogP contribution in [0.4, 0.5) is 8.78 Å². The Balaban J connectivity index is 1.67. The van der Waals surface area contributed by atoms with Gasteiger partial charge in [0.1, 0.15) is 18.2 Å². The van der Waals surface area contributed by atoms with Crippen molar-refractivity contribution in [3.05, 3.63) is 93.3 Å². The van der Waals surface area contributed by atoms with Crippen molar-refractivity contribution in [2.75, 3.05) is 6.61 Å². The van der Waals surface area contributed by atoms with Gasteiger partial charge in [-0.2, -0.15) is 0 Å². The van der Waals surface area contributed by atoms with Crippen molar-refractivity contribution >= 4 is 41.0 Å². The number of fused-ring (bicyclic) bond motifs is 1. The molecule has 2 amide bonds. The molecule has 0 aliphatic rings. The predicted molar refractivity (Wildman–Crippen MR) is 136 cm³/mol. The molecular formula is C26H25ClF2N4O3. The molecule has 0 aliphatic carbocycles. The molecule has 0 spiro atoms. The van der Waals surface area contributed by atoms with Gasteiger partial charge in [0.2, 0.25) is 11.8 Å². The molecule has 0 saturated heterocycles. The molecule has 1 aromatic heterocycles. The van der Waals surface area contributed by atoms with Gasteiger partial charge in [0, 0.05) is 53.9 Å². The van der Waals surface area contributed by atoms with Crippen LogP contribution in [0.2, 0.25) is 5.02 Å². The summed E-state index contributed by atoms with van der Waals surface area (Å²) in [5, 5.41) is 15.0.